The molecule has 2 rings (SSSR count). The summed E-state index contributed by atoms with van der Waals surface area (Å²) >= 11 is 0. The predicted molar refractivity (Wildman–Crippen MR) is 80.3 cm³/mol. The number of hydrogen-bond acceptors (Lipinski definition) is 3. The molecule has 0 spiro atoms. The predicted octanol–water partition coefficient (Wildman–Crippen LogP) is 2.93. The molecule has 0 aromatic carbocycles. The Labute approximate surface area is 118 Å². The largest absolute Gasteiger partial charge is 0.381 e. The van der Waals surface area contributed by atoms with E-state index in [4.69, 9.17) is 10.5 Å². The molecule has 0 heterocycles. The van der Waals surface area contributed by atoms with Gasteiger partial charge in [0.2, 0.25) is 0 Å². The Morgan fingerprint density at radius 1 is 1.05 bits per heavy atom. The second-order valence-electron chi connectivity index (χ2n) is 6.48. The first-order chi connectivity index (χ1) is 9.24. The molecule has 112 valence electrons. The number of methoxy groups -OCH3 is 1. The highest BCUT2D eigenvalue weighted by Gasteiger charge is 2.32. The lowest BCUT2D eigenvalue weighted by molar-refractivity contribution is 0.00678. The molecule has 2 aliphatic carbocycles. The molecule has 0 aromatic heterocycles. The van der Waals surface area contributed by atoms with Gasteiger partial charge in [0.25, 0.3) is 0 Å². The van der Waals surface area contributed by atoms with E-state index in [1.54, 1.807) is 0 Å². The van der Waals surface area contributed by atoms with Crippen molar-refractivity contribution in [2.75, 3.05) is 13.7 Å². The fourth-order valence-corrected chi connectivity index (χ4v) is 3.99. The molecule has 3 heteroatoms. The van der Waals surface area contributed by atoms with E-state index in [9.17, 15) is 0 Å². The molecule has 0 aromatic rings. The minimum absolute atomic E-state index is 0.456. The van der Waals surface area contributed by atoms with E-state index >= 15 is 0 Å². The molecule has 2 unspecified atom stereocenters. The Morgan fingerprint density at radius 3 is 2.42 bits per heavy atom. The van der Waals surface area contributed by atoms with Crippen LogP contribution in [0.2, 0.25) is 0 Å². The first kappa shape index (κ1) is 15.3. The second kappa shape index (κ2) is 7.61. The first-order valence-corrected chi connectivity index (χ1v) is 8.28. The van der Waals surface area contributed by atoms with Crippen molar-refractivity contribution in [3.05, 3.63) is 0 Å². The number of hydrogen-bond donors (Lipinski definition) is 1. The molecule has 0 bridgehead atoms. The van der Waals surface area contributed by atoms with E-state index in [2.05, 4.69) is 11.8 Å². The normalized spacial score (nSPS) is 36.6. The van der Waals surface area contributed by atoms with Crippen molar-refractivity contribution < 1.29 is 4.74 Å². The van der Waals surface area contributed by atoms with Gasteiger partial charge in [-0.15, -0.1) is 0 Å². The summed E-state index contributed by atoms with van der Waals surface area (Å²) in [6.45, 7) is 3.55. The van der Waals surface area contributed by atoms with Crippen molar-refractivity contribution >= 4 is 0 Å². The van der Waals surface area contributed by atoms with Crippen LogP contribution in [0.25, 0.3) is 0 Å². The van der Waals surface area contributed by atoms with Crippen LogP contribution in [-0.4, -0.2) is 42.8 Å². The maximum absolute atomic E-state index is 6.05. The summed E-state index contributed by atoms with van der Waals surface area (Å²) in [5.74, 6) is 0. The molecule has 3 nitrogen and oxygen atoms in total. The minimum atomic E-state index is 0.456. The minimum Gasteiger partial charge on any atom is -0.381 e. The lowest BCUT2D eigenvalue weighted by atomic mass is 9.86. The van der Waals surface area contributed by atoms with Gasteiger partial charge in [-0.3, -0.25) is 4.90 Å². The van der Waals surface area contributed by atoms with Crippen molar-refractivity contribution in [1.29, 1.82) is 0 Å². The van der Waals surface area contributed by atoms with Gasteiger partial charge in [0.05, 0.1) is 6.10 Å². The summed E-state index contributed by atoms with van der Waals surface area (Å²) < 4.78 is 5.61. The first-order valence-electron chi connectivity index (χ1n) is 8.28. The van der Waals surface area contributed by atoms with E-state index in [0.717, 1.165) is 12.1 Å². The molecular formula is C16H32N2O. The van der Waals surface area contributed by atoms with Crippen LogP contribution in [0, 0.1) is 0 Å². The van der Waals surface area contributed by atoms with Crippen LogP contribution in [-0.2, 0) is 4.74 Å². The van der Waals surface area contributed by atoms with Crippen LogP contribution in [0.1, 0.15) is 64.7 Å². The highest BCUT2D eigenvalue weighted by atomic mass is 16.5. The molecule has 0 saturated heterocycles. The van der Waals surface area contributed by atoms with Gasteiger partial charge >= 0.3 is 0 Å². The molecular weight excluding hydrogens is 236 g/mol. The maximum atomic E-state index is 6.05. The zero-order valence-corrected chi connectivity index (χ0v) is 12.8. The molecule has 2 fully saturated rings. The highest BCUT2D eigenvalue weighted by molar-refractivity contribution is 4.88. The van der Waals surface area contributed by atoms with Crippen LogP contribution in [0.5, 0.6) is 0 Å². The topological polar surface area (TPSA) is 38.5 Å². The number of rotatable bonds is 5. The molecule has 2 aliphatic rings. The van der Waals surface area contributed by atoms with E-state index in [-0.39, 0.29) is 0 Å². The van der Waals surface area contributed by atoms with Gasteiger partial charge in [-0.05, 0) is 64.3 Å². The van der Waals surface area contributed by atoms with Crippen molar-refractivity contribution in [3.8, 4) is 0 Å². The van der Waals surface area contributed by atoms with Crippen LogP contribution >= 0.6 is 0 Å². The third-order valence-corrected chi connectivity index (χ3v) is 5.09. The molecule has 0 radical (unpaired) electrons. The van der Waals surface area contributed by atoms with Crippen LogP contribution in [0.3, 0.4) is 0 Å². The Morgan fingerprint density at radius 2 is 1.79 bits per heavy atom. The maximum Gasteiger partial charge on any atom is 0.0586 e. The van der Waals surface area contributed by atoms with E-state index in [1.807, 2.05) is 7.11 Å². The monoisotopic (exact) mass is 268 g/mol. The van der Waals surface area contributed by atoms with Gasteiger partial charge in [0, 0.05) is 25.2 Å². The fourth-order valence-electron chi connectivity index (χ4n) is 3.99. The zero-order chi connectivity index (χ0) is 13.7. The SMILES string of the molecule is CCCN(C1CCC(N)CC1)C1CCCC(OC)C1. The molecule has 2 saturated carbocycles. The number of nitrogens with zero attached hydrogens (tertiary/aromatic N) is 1. The van der Waals surface area contributed by atoms with E-state index in [1.165, 1.54) is 64.3 Å². The average Bonchev–Trinajstić information content (AvgIpc) is 2.46. The van der Waals surface area contributed by atoms with Crippen molar-refractivity contribution in [1.82, 2.24) is 4.90 Å². The van der Waals surface area contributed by atoms with E-state index < -0.39 is 0 Å². The van der Waals surface area contributed by atoms with Crippen LogP contribution < -0.4 is 5.73 Å². The summed E-state index contributed by atoms with van der Waals surface area (Å²) in [6.07, 6.45) is 12.0. The average molecular weight is 268 g/mol. The summed E-state index contributed by atoms with van der Waals surface area (Å²) in [5, 5.41) is 0. The van der Waals surface area contributed by atoms with Gasteiger partial charge in [-0.25, -0.2) is 0 Å². The molecule has 2 N–H and O–H groups in total. The number of ether oxygens (including phenoxy) is 1. The molecule has 0 aliphatic heterocycles. The van der Waals surface area contributed by atoms with Gasteiger partial charge in [0.1, 0.15) is 0 Å². The quantitative estimate of drug-likeness (QED) is 0.833. The highest BCUT2D eigenvalue weighted by Crippen LogP contribution is 2.30. The van der Waals surface area contributed by atoms with Crippen molar-refractivity contribution in [2.45, 2.75) is 88.9 Å². The third-order valence-electron chi connectivity index (χ3n) is 5.09. The van der Waals surface area contributed by atoms with Gasteiger partial charge in [-0.1, -0.05) is 6.92 Å². The molecule has 0 amide bonds. The summed E-state index contributed by atoms with van der Waals surface area (Å²) in [6, 6.07) is 1.98. The smallest absolute Gasteiger partial charge is 0.0586 e. The Hall–Kier alpha value is -0.120. The lowest BCUT2D eigenvalue weighted by Crippen LogP contribution is -2.49. The summed E-state index contributed by atoms with van der Waals surface area (Å²) in [5.41, 5.74) is 6.05. The van der Waals surface area contributed by atoms with Gasteiger partial charge in [0.15, 0.2) is 0 Å². The fraction of sp³-hybridized carbons (Fsp3) is 1.00. The van der Waals surface area contributed by atoms with Crippen molar-refractivity contribution in [3.63, 3.8) is 0 Å². The van der Waals surface area contributed by atoms with Crippen molar-refractivity contribution in [2.24, 2.45) is 5.73 Å². The van der Waals surface area contributed by atoms with Gasteiger partial charge in [-0.2, -0.15) is 0 Å². The summed E-state index contributed by atoms with van der Waals surface area (Å²) in [4.78, 5) is 2.80. The Balaban J connectivity index is 1.94. The molecule has 2 atom stereocenters. The standard InChI is InChI=1S/C16H32N2O/c1-3-11-18(14-9-7-13(17)8-10-14)15-5-4-6-16(12-15)19-2/h13-16H,3-12,17H2,1-2H3. The molecule has 19 heavy (non-hydrogen) atoms. The zero-order valence-electron chi connectivity index (χ0n) is 12.8. The third kappa shape index (κ3) is 4.17. The number of nitrogens with two attached hydrogens (primary N) is 1. The Kier molecular flexibility index (Phi) is 6.11. The van der Waals surface area contributed by atoms with Crippen LogP contribution in [0.4, 0.5) is 0 Å². The van der Waals surface area contributed by atoms with E-state index in [0.29, 0.717) is 12.1 Å². The lowest BCUT2D eigenvalue weighted by Gasteiger charge is -2.43. The van der Waals surface area contributed by atoms with Gasteiger partial charge < -0.3 is 10.5 Å². The summed E-state index contributed by atoms with van der Waals surface area (Å²) in [7, 11) is 1.87. The second-order valence-corrected chi connectivity index (χ2v) is 6.48. The van der Waals surface area contributed by atoms with Crippen LogP contribution in [0.15, 0.2) is 0 Å². The Bertz CT molecular complexity index is 251.